The van der Waals surface area contributed by atoms with Gasteiger partial charge in [0.05, 0.1) is 12.8 Å². The molecule has 2 N–H and O–H groups in total. The zero-order valence-electron chi connectivity index (χ0n) is 21.0. The van der Waals surface area contributed by atoms with Gasteiger partial charge in [-0.25, -0.2) is 4.79 Å². The third-order valence-electron chi connectivity index (χ3n) is 6.08. The van der Waals surface area contributed by atoms with Crippen LogP contribution in [-0.2, 0) is 36.9 Å². The molecule has 0 radical (unpaired) electrons. The van der Waals surface area contributed by atoms with Crippen molar-refractivity contribution in [2.75, 3.05) is 6.61 Å². The summed E-state index contributed by atoms with van der Waals surface area (Å²) in [6.07, 6.45) is -1.71. The van der Waals surface area contributed by atoms with Crippen LogP contribution >= 0.6 is 0 Å². The number of fused-ring (bicyclic) bond motifs is 1. The van der Waals surface area contributed by atoms with Gasteiger partial charge >= 0.3 is 18.0 Å². The maximum absolute atomic E-state index is 12.6. The second kappa shape index (κ2) is 13.0. The number of carbonyl (C=O) groups is 4. The molecule has 0 saturated heterocycles. The number of ketones is 1. The molecule has 0 aliphatic heterocycles. The Morgan fingerprint density at radius 3 is 2.08 bits per heavy atom. The largest absolute Gasteiger partial charge is 0.481 e. The Kier molecular flexibility index (Phi) is 9.03. The van der Waals surface area contributed by atoms with Crippen LogP contribution in [0.1, 0.15) is 17.5 Å². The number of benzene rings is 4. The van der Waals surface area contributed by atoms with E-state index in [1.54, 1.807) is 24.3 Å². The van der Waals surface area contributed by atoms with E-state index in [4.69, 9.17) is 9.47 Å². The van der Waals surface area contributed by atoms with E-state index in [-0.39, 0.29) is 13.0 Å². The molecule has 1 unspecified atom stereocenters. The summed E-state index contributed by atoms with van der Waals surface area (Å²) >= 11 is 0. The molecule has 0 aromatic heterocycles. The lowest BCUT2D eigenvalue weighted by molar-refractivity contribution is -0.148. The zero-order valence-corrected chi connectivity index (χ0v) is 21.0. The van der Waals surface area contributed by atoms with Crippen molar-refractivity contribution in [3.05, 3.63) is 108 Å². The highest BCUT2D eigenvalue weighted by Crippen LogP contribution is 2.31. The number of Topliss-reactive ketones (excluding diaryl/α,β-unsaturated/α-hetero) is 1. The van der Waals surface area contributed by atoms with E-state index in [0.717, 1.165) is 33.0 Å². The lowest BCUT2D eigenvalue weighted by atomic mass is 9.94. The van der Waals surface area contributed by atoms with Crippen LogP contribution in [0.25, 0.3) is 21.9 Å². The van der Waals surface area contributed by atoms with Gasteiger partial charge in [-0.1, -0.05) is 97.1 Å². The van der Waals surface area contributed by atoms with E-state index in [9.17, 15) is 24.3 Å². The summed E-state index contributed by atoms with van der Waals surface area (Å²) in [5.41, 5.74) is 3.53. The fourth-order valence-corrected chi connectivity index (χ4v) is 4.17. The Balaban J connectivity index is 1.37. The molecule has 4 aromatic carbocycles. The lowest BCUT2D eigenvalue weighted by Gasteiger charge is -2.16. The van der Waals surface area contributed by atoms with Crippen molar-refractivity contribution < 1.29 is 33.8 Å². The number of ether oxygens (including phenoxy) is 2. The highest BCUT2D eigenvalue weighted by Gasteiger charge is 2.25. The SMILES string of the molecule is O=C(O)CC(NC(=O)OCc1ccccc1)C(=O)COC(=O)Cc1ccc(-c2ccccc2)c2ccccc12. The van der Waals surface area contributed by atoms with E-state index in [1.165, 1.54) is 0 Å². The number of carboxylic acid groups (broad SMARTS) is 1. The van der Waals surface area contributed by atoms with Gasteiger partial charge in [-0.2, -0.15) is 0 Å². The summed E-state index contributed by atoms with van der Waals surface area (Å²) in [5, 5.41) is 13.3. The number of carbonyl (C=O) groups excluding carboxylic acids is 3. The zero-order chi connectivity index (χ0) is 27.6. The van der Waals surface area contributed by atoms with Crippen molar-refractivity contribution >= 4 is 34.6 Å². The van der Waals surface area contributed by atoms with Crippen LogP contribution in [0, 0.1) is 0 Å². The van der Waals surface area contributed by atoms with Crippen molar-refractivity contribution in [3.8, 4) is 11.1 Å². The van der Waals surface area contributed by atoms with Crippen LogP contribution in [-0.4, -0.2) is 41.6 Å². The van der Waals surface area contributed by atoms with Gasteiger partial charge in [0.15, 0.2) is 12.4 Å². The molecule has 4 rings (SSSR count). The summed E-state index contributed by atoms with van der Waals surface area (Å²) in [7, 11) is 0. The Morgan fingerprint density at radius 1 is 0.744 bits per heavy atom. The molecular formula is C31H27NO7. The second-order valence-corrected chi connectivity index (χ2v) is 8.84. The molecule has 0 aliphatic rings. The standard InChI is InChI=1S/C31H27NO7/c33-28(27(18-29(34)35)32-31(37)39-19-21-9-3-1-4-10-21)20-38-30(36)17-23-15-16-25(22-11-5-2-6-12-22)26-14-8-7-13-24(23)26/h1-16,27H,17-20H2,(H,32,37)(H,34,35). The predicted octanol–water partition coefficient (Wildman–Crippen LogP) is 4.93. The first-order chi connectivity index (χ1) is 18.9. The number of rotatable bonds is 11. The predicted molar refractivity (Wildman–Crippen MR) is 145 cm³/mol. The molecule has 39 heavy (non-hydrogen) atoms. The Bertz CT molecular complexity index is 1470. The van der Waals surface area contributed by atoms with E-state index in [2.05, 4.69) is 5.32 Å². The third kappa shape index (κ3) is 7.52. The number of carboxylic acids is 1. The fourth-order valence-electron chi connectivity index (χ4n) is 4.17. The van der Waals surface area contributed by atoms with Gasteiger partial charge in [0.2, 0.25) is 0 Å². The summed E-state index contributed by atoms with van der Waals surface area (Å²) in [5.74, 6) is -2.71. The first kappa shape index (κ1) is 27.1. The van der Waals surface area contributed by atoms with E-state index < -0.39 is 42.9 Å². The van der Waals surface area contributed by atoms with Crippen molar-refractivity contribution in [1.29, 1.82) is 0 Å². The van der Waals surface area contributed by atoms with Crippen molar-refractivity contribution in [1.82, 2.24) is 5.32 Å². The van der Waals surface area contributed by atoms with E-state index >= 15 is 0 Å². The molecule has 0 saturated carbocycles. The molecule has 8 heteroatoms. The topological polar surface area (TPSA) is 119 Å². The van der Waals surface area contributed by atoms with Crippen LogP contribution in [0.15, 0.2) is 97.1 Å². The van der Waals surface area contributed by atoms with Crippen molar-refractivity contribution in [2.24, 2.45) is 0 Å². The van der Waals surface area contributed by atoms with Crippen LogP contribution in [0.5, 0.6) is 0 Å². The number of amides is 1. The quantitative estimate of drug-likeness (QED) is 0.267. The molecule has 0 heterocycles. The minimum absolute atomic E-state index is 0.0489. The van der Waals surface area contributed by atoms with Gasteiger partial charge in [-0.05, 0) is 33.0 Å². The van der Waals surface area contributed by atoms with Gasteiger partial charge in [0, 0.05) is 0 Å². The summed E-state index contributed by atoms with van der Waals surface area (Å²) in [6, 6.07) is 28.9. The number of aliphatic carboxylic acids is 1. The lowest BCUT2D eigenvalue weighted by Crippen LogP contribution is -2.44. The molecule has 198 valence electrons. The number of alkyl carbamates (subject to hydrolysis) is 1. The molecule has 1 atom stereocenters. The molecule has 1 amide bonds. The number of nitrogens with one attached hydrogen (secondary N) is 1. The first-order valence-corrected chi connectivity index (χ1v) is 12.3. The average molecular weight is 526 g/mol. The Labute approximate surface area is 225 Å². The molecule has 0 bridgehead atoms. The molecule has 0 fully saturated rings. The summed E-state index contributed by atoms with van der Waals surface area (Å²) in [4.78, 5) is 48.7. The number of hydrogen-bond acceptors (Lipinski definition) is 6. The number of hydrogen-bond donors (Lipinski definition) is 2. The van der Waals surface area contributed by atoms with Crippen LogP contribution in [0.4, 0.5) is 4.79 Å². The normalized spacial score (nSPS) is 11.4. The van der Waals surface area contributed by atoms with Gasteiger partial charge in [0.1, 0.15) is 12.6 Å². The molecule has 0 spiro atoms. The minimum atomic E-state index is -1.41. The van der Waals surface area contributed by atoms with Crippen LogP contribution in [0.2, 0.25) is 0 Å². The molecule has 0 aliphatic carbocycles. The van der Waals surface area contributed by atoms with E-state index in [0.29, 0.717) is 0 Å². The van der Waals surface area contributed by atoms with Crippen molar-refractivity contribution in [3.63, 3.8) is 0 Å². The maximum atomic E-state index is 12.6. The second-order valence-electron chi connectivity index (χ2n) is 8.84. The maximum Gasteiger partial charge on any atom is 0.408 e. The monoisotopic (exact) mass is 525 g/mol. The van der Waals surface area contributed by atoms with Gasteiger partial charge in [0.25, 0.3) is 0 Å². The van der Waals surface area contributed by atoms with Gasteiger partial charge in [-0.3, -0.25) is 14.4 Å². The van der Waals surface area contributed by atoms with Crippen LogP contribution in [0.3, 0.4) is 0 Å². The van der Waals surface area contributed by atoms with Crippen LogP contribution < -0.4 is 5.32 Å². The first-order valence-electron chi connectivity index (χ1n) is 12.3. The fraction of sp³-hybridized carbons (Fsp3) is 0.161. The molecule has 4 aromatic rings. The Hall–Kier alpha value is -4.98. The molecule has 8 nitrogen and oxygen atoms in total. The Morgan fingerprint density at radius 2 is 1.38 bits per heavy atom. The van der Waals surface area contributed by atoms with Gasteiger partial charge < -0.3 is 19.9 Å². The average Bonchev–Trinajstić information content (AvgIpc) is 2.95. The smallest absolute Gasteiger partial charge is 0.408 e. The number of esters is 1. The summed E-state index contributed by atoms with van der Waals surface area (Å²) < 4.78 is 10.2. The third-order valence-corrected chi connectivity index (χ3v) is 6.08. The molecular weight excluding hydrogens is 498 g/mol. The highest BCUT2D eigenvalue weighted by atomic mass is 16.5. The minimum Gasteiger partial charge on any atom is -0.481 e. The van der Waals surface area contributed by atoms with Crippen molar-refractivity contribution in [2.45, 2.75) is 25.5 Å². The highest BCUT2D eigenvalue weighted by molar-refractivity contribution is 6.00. The van der Waals surface area contributed by atoms with E-state index in [1.807, 2.05) is 72.8 Å². The summed E-state index contributed by atoms with van der Waals surface area (Å²) in [6.45, 7) is -0.734. The van der Waals surface area contributed by atoms with Gasteiger partial charge in [-0.15, -0.1) is 0 Å².